The second kappa shape index (κ2) is 2.55. The molecule has 0 atom stereocenters. The van der Waals surface area contributed by atoms with E-state index in [0.29, 0.717) is 0 Å². The highest BCUT2D eigenvalue weighted by atomic mass is 35.5. The van der Waals surface area contributed by atoms with E-state index in [1.165, 1.54) is 4.68 Å². The standard InChI is InChI=1S/C5H5ClN2O/c6-5(9)7-8-3-1-2-4-8/h1-4H,(H,7,9). The summed E-state index contributed by atoms with van der Waals surface area (Å²) in [7, 11) is 0. The summed E-state index contributed by atoms with van der Waals surface area (Å²) in [6, 6.07) is 3.57. The van der Waals surface area contributed by atoms with E-state index < -0.39 is 5.37 Å². The summed E-state index contributed by atoms with van der Waals surface area (Å²) in [6.45, 7) is 0. The van der Waals surface area contributed by atoms with E-state index in [9.17, 15) is 4.79 Å². The zero-order valence-electron chi connectivity index (χ0n) is 4.54. The van der Waals surface area contributed by atoms with Gasteiger partial charge in [0.1, 0.15) is 0 Å². The molecule has 1 aromatic rings. The molecule has 0 aliphatic heterocycles. The minimum Gasteiger partial charge on any atom is -0.267 e. The summed E-state index contributed by atoms with van der Waals surface area (Å²) in [4.78, 5) is 10.1. The molecule has 0 aliphatic carbocycles. The van der Waals surface area contributed by atoms with Crippen molar-refractivity contribution in [2.45, 2.75) is 0 Å². The molecule has 48 valence electrons. The minimum atomic E-state index is -0.591. The Labute approximate surface area is 57.2 Å². The smallest absolute Gasteiger partial charge is 0.267 e. The fraction of sp³-hybridized carbons (Fsp3) is 0. The fourth-order valence-corrected chi connectivity index (χ4v) is 0.608. The Morgan fingerprint density at radius 2 is 2.00 bits per heavy atom. The lowest BCUT2D eigenvalue weighted by atomic mass is 10.7. The highest BCUT2D eigenvalue weighted by Crippen LogP contribution is 1.86. The van der Waals surface area contributed by atoms with Crippen LogP contribution in [0.3, 0.4) is 0 Å². The maximum absolute atomic E-state index is 10.1. The van der Waals surface area contributed by atoms with Gasteiger partial charge in [-0.05, 0) is 23.7 Å². The average molecular weight is 145 g/mol. The Bertz CT molecular complexity index is 195. The molecule has 1 rings (SSSR count). The number of amides is 1. The van der Waals surface area contributed by atoms with Crippen molar-refractivity contribution in [3.63, 3.8) is 0 Å². The molecular formula is C5H5ClN2O. The number of hydrogen-bond acceptors (Lipinski definition) is 1. The van der Waals surface area contributed by atoms with E-state index in [2.05, 4.69) is 5.43 Å². The van der Waals surface area contributed by atoms with Gasteiger partial charge >= 0.3 is 5.37 Å². The van der Waals surface area contributed by atoms with Crippen molar-refractivity contribution in [2.75, 3.05) is 5.43 Å². The van der Waals surface area contributed by atoms with Gasteiger partial charge in [-0.15, -0.1) is 0 Å². The first-order valence-electron chi connectivity index (χ1n) is 2.38. The van der Waals surface area contributed by atoms with Gasteiger partial charge in [0, 0.05) is 12.4 Å². The Balaban J connectivity index is 2.58. The second-order valence-electron chi connectivity index (χ2n) is 1.48. The number of rotatable bonds is 1. The summed E-state index contributed by atoms with van der Waals surface area (Å²) in [5.74, 6) is 0. The van der Waals surface area contributed by atoms with E-state index in [-0.39, 0.29) is 0 Å². The van der Waals surface area contributed by atoms with Crippen molar-refractivity contribution < 1.29 is 4.79 Å². The maximum atomic E-state index is 10.1. The molecule has 0 aliphatic rings. The predicted molar refractivity (Wildman–Crippen MR) is 35.0 cm³/mol. The van der Waals surface area contributed by atoms with Crippen LogP contribution in [0.15, 0.2) is 24.5 Å². The Hall–Kier alpha value is -0.960. The van der Waals surface area contributed by atoms with Crippen LogP contribution < -0.4 is 5.43 Å². The number of carbonyl (C=O) groups is 1. The molecule has 1 N–H and O–H groups in total. The third-order valence-corrected chi connectivity index (χ3v) is 0.906. The average Bonchev–Trinajstić information content (AvgIpc) is 2.15. The third-order valence-electron chi connectivity index (χ3n) is 0.821. The molecule has 0 radical (unpaired) electrons. The van der Waals surface area contributed by atoms with Crippen LogP contribution in [0.4, 0.5) is 4.79 Å². The quantitative estimate of drug-likeness (QED) is 0.469. The molecule has 0 saturated carbocycles. The number of aromatic nitrogens is 1. The van der Waals surface area contributed by atoms with Gasteiger partial charge in [-0.2, -0.15) is 0 Å². The zero-order valence-corrected chi connectivity index (χ0v) is 5.30. The van der Waals surface area contributed by atoms with Crippen LogP contribution in [-0.2, 0) is 0 Å². The lowest BCUT2D eigenvalue weighted by Gasteiger charge is -1.97. The normalized spacial score (nSPS) is 9.00. The number of hydrogen-bond donors (Lipinski definition) is 1. The number of nitrogens with one attached hydrogen (secondary N) is 1. The first-order valence-corrected chi connectivity index (χ1v) is 2.76. The van der Waals surface area contributed by atoms with Gasteiger partial charge < -0.3 is 0 Å². The molecule has 0 aromatic carbocycles. The van der Waals surface area contributed by atoms with E-state index >= 15 is 0 Å². The van der Waals surface area contributed by atoms with Gasteiger partial charge in [0.25, 0.3) is 0 Å². The van der Waals surface area contributed by atoms with E-state index in [1.807, 2.05) is 0 Å². The number of nitrogens with zero attached hydrogens (tertiary/aromatic N) is 1. The summed E-state index contributed by atoms with van der Waals surface area (Å²) in [5, 5.41) is -0.591. The summed E-state index contributed by atoms with van der Waals surface area (Å²) < 4.78 is 1.47. The van der Waals surface area contributed by atoms with Gasteiger partial charge in [0.15, 0.2) is 0 Å². The molecule has 0 fully saturated rings. The summed E-state index contributed by atoms with van der Waals surface area (Å²) >= 11 is 5.00. The molecular weight excluding hydrogens is 140 g/mol. The fourth-order valence-electron chi connectivity index (χ4n) is 0.511. The molecule has 0 bridgehead atoms. The molecule has 0 unspecified atom stereocenters. The predicted octanol–water partition coefficient (Wildman–Crippen LogP) is 1.39. The SMILES string of the molecule is O=C(Cl)Nn1cccc1. The van der Waals surface area contributed by atoms with Crippen LogP contribution in [0.1, 0.15) is 0 Å². The van der Waals surface area contributed by atoms with Crippen molar-refractivity contribution in [1.82, 2.24) is 4.68 Å². The topological polar surface area (TPSA) is 34.0 Å². The van der Waals surface area contributed by atoms with Gasteiger partial charge in [-0.3, -0.25) is 14.9 Å². The highest BCUT2D eigenvalue weighted by Gasteiger charge is 1.90. The van der Waals surface area contributed by atoms with E-state index in [4.69, 9.17) is 11.6 Å². The molecule has 1 amide bonds. The van der Waals surface area contributed by atoms with Gasteiger partial charge in [0.2, 0.25) is 0 Å². The molecule has 4 heteroatoms. The first-order chi connectivity index (χ1) is 4.29. The van der Waals surface area contributed by atoms with Crippen molar-refractivity contribution in [2.24, 2.45) is 0 Å². The van der Waals surface area contributed by atoms with Crippen molar-refractivity contribution in [1.29, 1.82) is 0 Å². The van der Waals surface area contributed by atoms with Crippen LogP contribution in [0.5, 0.6) is 0 Å². The first kappa shape index (κ1) is 6.16. The maximum Gasteiger partial charge on any atom is 0.332 e. The monoisotopic (exact) mass is 144 g/mol. The van der Waals surface area contributed by atoms with E-state index in [1.54, 1.807) is 24.5 Å². The minimum absolute atomic E-state index is 0.591. The highest BCUT2D eigenvalue weighted by molar-refractivity contribution is 6.65. The molecule has 1 heterocycles. The summed E-state index contributed by atoms with van der Waals surface area (Å²) in [6.07, 6.45) is 3.36. The van der Waals surface area contributed by atoms with Crippen molar-refractivity contribution >= 4 is 17.0 Å². The number of carbonyl (C=O) groups excluding carboxylic acids is 1. The van der Waals surface area contributed by atoms with Gasteiger partial charge in [-0.1, -0.05) is 0 Å². The zero-order chi connectivity index (χ0) is 6.69. The van der Waals surface area contributed by atoms with Gasteiger partial charge in [0.05, 0.1) is 0 Å². The second-order valence-corrected chi connectivity index (χ2v) is 1.82. The Morgan fingerprint density at radius 3 is 2.44 bits per heavy atom. The Morgan fingerprint density at radius 1 is 1.44 bits per heavy atom. The number of halogens is 1. The molecule has 0 spiro atoms. The van der Waals surface area contributed by atoms with Crippen LogP contribution >= 0.6 is 11.6 Å². The van der Waals surface area contributed by atoms with Crippen LogP contribution in [0.25, 0.3) is 0 Å². The molecule has 3 nitrogen and oxygen atoms in total. The van der Waals surface area contributed by atoms with Gasteiger partial charge in [-0.25, -0.2) is 0 Å². The molecule has 0 saturated heterocycles. The van der Waals surface area contributed by atoms with Crippen LogP contribution in [0, 0.1) is 0 Å². The molecule has 9 heavy (non-hydrogen) atoms. The van der Waals surface area contributed by atoms with Crippen LogP contribution in [0.2, 0.25) is 0 Å². The molecule has 1 aromatic heterocycles. The third kappa shape index (κ3) is 1.77. The van der Waals surface area contributed by atoms with E-state index in [0.717, 1.165) is 0 Å². The van der Waals surface area contributed by atoms with Crippen molar-refractivity contribution in [3.05, 3.63) is 24.5 Å². The lowest BCUT2D eigenvalue weighted by molar-refractivity contribution is 0.266. The Kier molecular flexibility index (Phi) is 1.75. The van der Waals surface area contributed by atoms with Crippen molar-refractivity contribution in [3.8, 4) is 0 Å². The lowest BCUT2D eigenvalue weighted by Crippen LogP contribution is -2.13. The largest absolute Gasteiger partial charge is 0.332 e. The van der Waals surface area contributed by atoms with Crippen LogP contribution in [-0.4, -0.2) is 10.0 Å². The summed E-state index contributed by atoms with van der Waals surface area (Å²) in [5.41, 5.74) is 2.33.